The van der Waals surface area contributed by atoms with Crippen LogP contribution in [0, 0.1) is 17.6 Å². The number of halogens is 2. The molecular weight excluding hydrogens is 342 g/mol. The average Bonchev–Trinajstić information content (AvgIpc) is 2.65. The minimum atomic E-state index is -0.235. The van der Waals surface area contributed by atoms with Gasteiger partial charge in [-0.3, -0.25) is 0 Å². The van der Waals surface area contributed by atoms with Crippen LogP contribution in [-0.4, -0.2) is 26.2 Å². The van der Waals surface area contributed by atoms with E-state index in [0.29, 0.717) is 12.0 Å². The van der Waals surface area contributed by atoms with E-state index in [1.165, 1.54) is 24.3 Å². The number of likely N-dealkylation sites (N-methyl/N-ethyl adjacent to an activating group) is 1. The Labute approximate surface area is 162 Å². The van der Waals surface area contributed by atoms with E-state index in [9.17, 15) is 8.78 Å². The Morgan fingerprint density at radius 2 is 1.37 bits per heavy atom. The van der Waals surface area contributed by atoms with E-state index in [2.05, 4.69) is 24.5 Å². The Bertz CT molecular complexity index is 608. The molecule has 0 spiro atoms. The molecule has 0 aliphatic heterocycles. The van der Waals surface area contributed by atoms with Crippen LogP contribution in [0.4, 0.5) is 8.78 Å². The second-order valence-electron chi connectivity index (χ2n) is 7.62. The third-order valence-corrected chi connectivity index (χ3v) is 4.95. The first-order valence-electron chi connectivity index (χ1n) is 9.88. The van der Waals surface area contributed by atoms with Crippen LogP contribution in [-0.2, 0) is 0 Å². The quantitative estimate of drug-likeness (QED) is 0.535. The van der Waals surface area contributed by atoms with Crippen molar-refractivity contribution < 1.29 is 8.78 Å². The highest BCUT2D eigenvalue weighted by molar-refractivity contribution is 5.32. The zero-order valence-electron chi connectivity index (χ0n) is 16.6. The van der Waals surface area contributed by atoms with E-state index >= 15 is 0 Å². The Morgan fingerprint density at radius 1 is 0.852 bits per heavy atom. The predicted molar refractivity (Wildman–Crippen MR) is 109 cm³/mol. The van der Waals surface area contributed by atoms with Gasteiger partial charge >= 0.3 is 0 Å². The summed E-state index contributed by atoms with van der Waals surface area (Å²) in [6.07, 6.45) is 3.08. The zero-order valence-corrected chi connectivity index (χ0v) is 16.6. The largest absolute Gasteiger partial charge is 0.316 e. The van der Waals surface area contributed by atoms with Crippen molar-refractivity contribution in [1.29, 1.82) is 0 Å². The average molecular weight is 375 g/mol. The molecule has 148 valence electrons. The van der Waals surface area contributed by atoms with Gasteiger partial charge in [0.25, 0.3) is 0 Å². The van der Waals surface area contributed by atoms with Crippen molar-refractivity contribution in [2.24, 2.45) is 5.92 Å². The number of rotatable bonds is 11. The maximum absolute atomic E-state index is 13.3. The van der Waals surface area contributed by atoms with E-state index in [4.69, 9.17) is 0 Å². The SMILES string of the molecule is CN[C@H](CNCCCC(c1ccc(F)cc1)c1ccc(F)cc1)CC(C)C. The first kappa shape index (κ1) is 21.5. The fourth-order valence-corrected chi connectivity index (χ4v) is 3.50. The van der Waals surface area contributed by atoms with Crippen molar-refractivity contribution in [2.45, 2.75) is 45.1 Å². The molecule has 0 saturated heterocycles. The van der Waals surface area contributed by atoms with Crippen LogP contribution in [0.3, 0.4) is 0 Å². The minimum Gasteiger partial charge on any atom is -0.316 e. The van der Waals surface area contributed by atoms with Crippen LogP contribution in [0.15, 0.2) is 48.5 Å². The van der Waals surface area contributed by atoms with Crippen LogP contribution in [0.1, 0.15) is 50.2 Å². The molecule has 0 aliphatic rings. The molecule has 1 atom stereocenters. The molecule has 0 fully saturated rings. The van der Waals surface area contributed by atoms with Gasteiger partial charge in [-0.2, -0.15) is 0 Å². The van der Waals surface area contributed by atoms with E-state index in [1.807, 2.05) is 31.3 Å². The van der Waals surface area contributed by atoms with Crippen molar-refractivity contribution in [3.05, 3.63) is 71.3 Å². The summed E-state index contributed by atoms with van der Waals surface area (Å²) < 4.78 is 26.6. The fourth-order valence-electron chi connectivity index (χ4n) is 3.50. The van der Waals surface area contributed by atoms with Crippen molar-refractivity contribution in [2.75, 3.05) is 20.1 Å². The lowest BCUT2D eigenvalue weighted by molar-refractivity contribution is 0.417. The molecule has 2 aromatic rings. The molecule has 2 rings (SSSR count). The maximum atomic E-state index is 13.3. The number of nitrogens with one attached hydrogen (secondary N) is 2. The van der Waals surface area contributed by atoms with E-state index in [0.717, 1.165) is 43.5 Å². The molecule has 0 aliphatic carbocycles. The van der Waals surface area contributed by atoms with E-state index < -0.39 is 0 Å². The third kappa shape index (κ3) is 7.39. The first-order chi connectivity index (χ1) is 13.0. The van der Waals surface area contributed by atoms with Gasteiger partial charge in [-0.1, -0.05) is 38.1 Å². The van der Waals surface area contributed by atoms with Crippen molar-refractivity contribution in [3.63, 3.8) is 0 Å². The van der Waals surface area contributed by atoms with Gasteiger partial charge in [-0.25, -0.2) is 8.78 Å². The standard InChI is InChI=1S/C23H32F2N2/c1-17(2)15-22(26-3)16-27-14-4-5-23(18-6-10-20(24)11-7-18)19-8-12-21(25)13-9-19/h6-13,17,22-23,26-27H,4-5,14-16H2,1-3H3/t22-/m0/s1. The summed E-state index contributed by atoms with van der Waals surface area (Å²) in [6.45, 7) is 6.35. The zero-order chi connectivity index (χ0) is 19.6. The van der Waals surface area contributed by atoms with Crippen molar-refractivity contribution >= 4 is 0 Å². The highest BCUT2D eigenvalue weighted by Crippen LogP contribution is 2.29. The molecule has 0 amide bonds. The summed E-state index contributed by atoms with van der Waals surface area (Å²) in [7, 11) is 2.01. The maximum Gasteiger partial charge on any atom is 0.123 e. The summed E-state index contributed by atoms with van der Waals surface area (Å²) in [5.41, 5.74) is 2.13. The van der Waals surface area contributed by atoms with Crippen LogP contribution in [0.25, 0.3) is 0 Å². The Hall–Kier alpha value is -1.78. The van der Waals surface area contributed by atoms with Crippen molar-refractivity contribution in [3.8, 4) is 0 Å². The van der Waals surface area contributed by atoms with Crippen LogP contribution < -0.4 is 10.6 Å². The Kier molecular flexibility index (Phi) is 8.89. The summed E-state index contributed by atoms with van der Waals surface area (Å²) >= 11 is 0. The molecule has 0 saturated carbocycles. The topological polar surface area (TPSA) is 24.1 Å². The number of hydrogen-bond donors (Lipinski definition) is 2. The molecule has 0 unspecified atom stereocenters. The number of hydrogen-bond acceptors (Lipinski definition) is 2. The molecule has 0 heterocycles. The minimum absolute atomic E-state index is 0.142. The second kappa shape index (κ2) is 11.2. The van der Waals surface area contributed by atoms with Crippen molar-refractivity contribution in [1.82, 2.24) is 10.6 Å². The molecule has 0 bridgehead atoms. The van der Waals surface area contributed by atoms with Gasteiger partial charge in [0.15, 0.2) is 0 Å². The summed E-state index contributed by atoms with van der Waals surface area (Å²) in [5.74, 6) is 0.345. The molecule has 4 heteroatoms. The van der Waals surface area contributed by atoms with Crippen LogP contribution in [0.5, 0.6) is 0 Å². The molecular formula is C23H32F2N2. The lowest BCUT2D eigenvalue weighted by Gasteiger charge is -2.20. The monoisotopic (exact) mass is 374 g/mol. The highest BCUT2D eigenvalue weighted by Gasteiger charge is 2.15. The lowest BCUT2D eigenvalue weighted by atomic mass is 9.87. The van der Waals surface area contributed by atoms with Gasteiger partial charge in [0, 0.05) is 18.5 Å². The van der Waals surface area contributed by atoms with Crippen LogP contribution >= 0.6 is 0 Å². The van der Waals surface area contributed by atoms with E-state index in [1.54, 1.807) is 0 Å². The number of benzene rings is 2. The van der Waals surface area contributed by atoms with Gasteiger partial charge in [-0.05, 0) is 74.2 Å². The molecule has 0 radical (unpaired) electrons. The van der Waals surface area contributed by atoms with Gasteiger partial charge < -0.3 is 10.6 Å². The molecule has 2 nitrogen and oxygen atoms in total. The molecule has 2 N–H and O–H groups in total. The highest BCUT2D eigenvalue weighted by atomic mass is 19.1. The smallest absolute Gasteiger partial charge is 0.123 e. The Morgan fingerprint density at radius 3 is 1.81 bits per heavy atom. The van der Waals surface area contributed by atoms with E-state index in [-0.39, 0.29) is 17.6 Å². The van der Waals surface area contributed by atoms with Crippen LogP contribution in [0.2, 0.25) is 0 Å². The predicted octanol–water partition coefficient (Wildman–Crippen LogP) is 5.10. The molecule has 2 aromatic carbocycles. The first-order valence-corrected chi connectivity index (χ1v) is 9.88. The second-order valence-corrected chi connectivity index (χ2v) is 7.62. The van der Waals surface area contributed by atoms with Gasteiger partial charge in [0.1, 0.15) is 11.6 Å². The fraction of sp³-hybridized carbons (Fsp3) is 0.478. The summed E-state index contributed by atoms with van der Waals surface area (Å²) in [5, 5.41) is 6.90. The lowest BCUT2D eigenvalue weighted by Crippen LogP contribution is -2.37. The summed E-state index contributed by atoms with van der Waals surface area (Å²) in [6, 6.07) is 13.8. The van der Waals surface area contributed by atoms with Gasteiger partial charge in [-0.15, -0.1) is 0 Å². The Balaban J connectivity index is 1.93. The normalized spacial score (nSPS) is 12.7. The van der Waals surface area contributed by atoms with Gasteiger partial charge in [0.2, 0.25) is 0 Å². The molecule has 27 heavy (non-hydrogen) atoms. The third-order valence-electron chi connectivity index (χ3n) is 4.95. The van der Waals surface area contributed by atoms with Gasteiger partial charge in [0.05, 0.1) is 0 Å². The summed E-state index contributed by atoms with van der Waals surface area (Å²) in [4.78, 5) is 0. The molecule has 0 aromatic heterocycles.